The van der Waals surface area contributed by atoms with Gasteiger partial charge in [0.15, 0.2) is 6.29 Å². The molecule has 2 aromatic rings. The zero-order valence-electron chi connectivity index (χ0n) is 13.8. The number of halogens is 1. The SMILES string of the molecule is CCCc1ccc(-c2cc(CF)c3c(c2)CCC(OC)O3)cc1. The van der Waals surface area contributed by atoms with Crippen LogP contribution in [-0.4, -0.2) is 13.4 Å². The average molecular weight is 314 g/mol. The number of methoxy groups -OCH3 is 1. The second-order valence-corrected chi connectivity index (χ2v) is 6.03. The number of rotatable bonds is 5. The molecule has 3 heteroatoms. The van der Waals surface area contributed by atoms with Crippen LogP contribution < -0.4 is 4.74 Å². The van der Waals surface area contributed by atoms with E-state index < -0.39 is 6.67 Å². The van der Waals surface area contributed by atoms with Crippen LogP contribution in [0.25, 0.3) is 11.1 Å². The Morgan fingerprint density at radius 3 is 2.61 bits per heavy atom. The summed E-state index contributed by atoms with van der Waals surface area (Å²) in [7, 11) is 1.62. The molecule has 0 bridgehead atoms. The van der Waals surface area contributed by atoms with Crippen LogP contribution in [0, 0.1) is 0 Å². The number of alkyl halides is 1. The fourth-order valence-electron chi connectivity index (χ4n) is 3.14. The van der Waals surface area contributed by atoms with Gasteiger partial charge >= 0.3 is 0 Å². The summed E-state index contributed by atoms with van der Waals surface area (Å²) in [6.07, 6.45) is 3.61. The van der Waals surface area contributed by atoms with Crippen LogP contribution in [0.5, 0.6) is 5.75 Å². The normalized spacial score (nSPS) is 16.7. The van der Waals surface area contributed by atoms with Crippen molar-refractivity contribution in [3.05, 3.63) is 53.1 Å². The molecule has 0 aromatic heterocycles. The lowest BCUT2D eigenvalue weighted by atomic mass is 9.94. The highest BCUT2D eigenvalue weighted by molar-refractivity contribution is 5.68. The van der Waals surface area contributed by atoms with Crippen molar-refractivity contribution in [2.24, 2.45) is 0 Å². The van der Waals surface area contributed by atoms with E-state index >= 15 is 0 Å². The van der Waals surface area contributed by atoms with Gasteiger partial charge in [0.2, 0.25) is 0 Å². The minimum absolute atomic E-state index is 0.271. The summed E-state index contributed by atoms with van der Waals surface area (Å²) in [4.78, 5) is 0. The van der Waals surface area contributed by atoms with Crippen molar-refractivity contribution in [3.8, 4) is 16.9 Å². The Balaban J connectivity index is 1.95. The predicted octanol–water partition coefficient (Wildman–Crippen LogP) is 5.07. The maximum Gasteiger partial charge on any atom is 0.199 e. The zero-order chi connectivity index (χ0) is 16.2. The van der Waals surface area contributed by atoms with Crippen molar-refractivity contribution in [3.63, 3.8) is 0 Å². The summed E-state index contributed by atoms with van der Waals surface area (Å²) in [6, 6.07) is 12.6. The molecule has 2 nitrogen and oxygen atoms in total. The highest BCUT2D eigenvalue weighted by Gasteiger charge is 2.23. The van der Waals surface area contributed by atoms with Crippen LogP contribution in [0.1, 0.15) is 36.5 Å². The van der Waals surface area contributed by atoms with Gasteiger partial charge in [-0.1, -0.05) is 37.6 Å². The third-order valence-electron chi connectivity index (χ3n) is 4.37. The van der Waals surface area contributed by atoms with E-state index in [1.807, 2.05) is 6.07 Å². The molecule has 0 fully saturated rings. The summed E-state index contributed by atoms with van der Waals surface area (Å²) in [5, 5.41) is 0. The molecule has 1 heterocycles. The lowest BCUT2D eigenvalue weighted by molar-refractivity contribution is -0.0661. The fourth-order valence-corrected chi connectivity index (χ4v) is 3.14. The summed E-state index contributed by atoms with van der Waals surface area (Å²) in [5.41, 5.74) is 5.19. The largest absolute Gasteiger partial charge is 0.464 e. The topological polar surface area (TPSA) is 18.5 Å². The quantitative estimate of drug-likeness (QED) is 0.767. The number of fused-ring (bicyclic) bond motifs is 1. The molecule has 1 aliphatic heterocycles. The van der Waals surface area contributed by atoms with E-state index in [-0.39, 0.29) is 6.29 Å². The first kappa shape index (κ1) is 16.0. The molecule has 0 N–H and O–H groups in total. The molecule has 1 aliphatic rings. The minimum Gasteiger partial charge on any atom is -0.464 e. The molecule has 0 radical (unpaired) electrons. The Kier molecular flexibility index (Phi) is 4.97. The van der Waals surface area contributed by atoms with Crippen LogP contribution in [0.2, 0.25) is 0 Å². The van der Waals surface area contributed by atoms with Gasteiger partial charge < -0.3 is 9.47 Å². The monoisotopic (exact) mass is 314 g/mol. The van der Waals surface area contributed by atoms with Gasteiger partial charge in [0, 0.05) is 19.1 Å². The van der Waals surface area contributed by atoms with E-state index in [1.165, 1.54) is 5.56 Å². The van der Waals surface area contributed by atoms with Crippen LogP contribution in [0.15, 0.2) is 36.4 Å². The molecule has 3 rings (SSSR count). The smallest absolute Gasteiger partial charge is 0.199 e. The van der Waals surface area contributed by atoms with Gasteiger partial charge in [-0.15, -0.1) is 0 Å². The van der Waals surface area contributed by atoms with Crippen molar-refractivity contribution in [2.75, 3.05) is 7.11 Å². The maximum atomic E-state index is 13.5. The average Bonchev–Trinajstić information content (AvgIpc) is 2.61. The summed E-state index contributed by atoms with van der Waals surface area (Å²) < 4.78 is 24.5. The van der Waals surface area contributed by atoms with E-state index in [0.717, 1.165) is 42.4 Å². The Labute approximate surface area is 137 Å². The van der Waals surface area contributed by atoms with Crippen LogP contribution in [-0.2, 0) is 24.3 Å². The van der Waals surface area contributed by atoms with Gasteiger partial charge in [0.25, 0.3) is 0 Å². The van der Waals surface area contributed by atoms with Crippen molar-refractivity contribution in [1.29, 1.82) is 0 Å². The van der Waals surface area contributed by atoms with Gasteiger partial charge in [-0.25, -0.2) is 4.39 Å². The Morgan fingerprint density at radius 1 is 1.17 bits per heavy atom. The molecular formula is C20H23FO2. The highest BCUT2D eigenvalue weighted by Crippen LogP contribution is 2.36. The Morgan fingerprint density at radius 2 is 1.96 bits per heavy atom. The summed E-state index contributed by atoms with van der Waals surface area (Å²) >= 11 is 0. The predicted molar refractivity (Wildman–Crippen MR) is 90.4 cm³/mol. The second-order valence-electron chi connectivity index (χ2n) is 6.03. The first-order chi connectivity index (χ1) is 11.2. The van der Waals surface area contributed by atoms with Gasteiger partial charge in [-0.05, 0) is 47.2 Å². The molecule has 1 unspecified atom stereocenters. The van der Waals surface area contributed by atoms with Crippen LogP contribution in [0.3, 0.4) is 0 Å². The van der Waals surface area contributed by atoms with E-state index in [2.05, 4.69) is 37.3 Å². The number of aryl methyl sites for hydroxylation is 2. The molecule has 0 saturated heterocycles. The van der Waals surface area contributed by atoms with Gasteiger partial charge in [-0.2, -0.15) is 0 Å². The van der Waals surface area contributed by atoms with Crippen molar-refractivity contribution in [1.82, 2.24) is 0 Å². The molecule has 122 valence electrons. The number of hydrogen-bond donors (Lipinski definition) is 0. The fraction of sp³-hybridized carbons (Fsp3) is 0.400. The molecule has 0 saturated carbocycles. The standard InChI is InChI=1S/C20H23FO2/c1-3-4-14-5-7-15(8-6-14)17-11-16-9-10-19(22-2)23-20(16)18(12-17)13-21/h5-8,11-12,19H,3-4,9-10,13H2,1-2H3. The summed E-state index contributed by atoms with van der Waals surface area (Å²) in [5.74, 6) is 0.664. The van der Waals surface area contributed by atoms with E-state index in [1.54, 1.807) is 7.11 Å². The number of ether oxygens (including phenoxy) is 2. The third-order valence-corrected chi connectivity index (χ3v) is 4.37. The van der Waals surface area contributed by atoms with Crippen molar-refractivity contribution < 1.29 is 13.9 Å². The first-order valence-corrected chi connectivity index (χ1v) is 8.25. The molecule has 1 atom stereocenters. The molecule has 2 aromatic carbocycles. The maximum absolute atomic E-state index is 13.5. The molecule has 23 heavy (non-hydrogen) atoms. The van der Waals surface area contributed by atoms with E-state index in [9.17, 15) is 4.39 Å². The van der Waals surface area contributed by atoms with E-state index in [4.69, 9.17) is 9.47 Å². The zero-order valence-corrected chi connectivity index (χ0v) is 13.8. The molecule has 0 aliphatic carbocycles. The minimum atomic E-state index is -0.527. The number of benzene rings is 2. The summed E-state index contributed by atoms with van der Waals surface area (Å²) in [6.45, 7) is 1.65. The Bertz CT molecular complexity index is 647. The van der Waals surface area contributed by atoms with Crippen molar-refractivity contribution >= 4 is 0 Å². The lowest BCUT2D eigenvalue weighted by Crippen LogP contribution is -2.25. The van der Waals surface area contributed by atoms with Gasteiger partial charge in [0.1, 0.15) is 12.4 Å². The molecule has 0 spiro atoms. The first-order valence-electron chi connectivity index (χ1n) is 8.25. The Hall–Kier alpha value is -1.87. The second kappa shape index (κ2) is 7.14. The van der Waals surface area contributed by atoms with Gasteiger partial charge in [0.05, 0.1) is 0 Å². The molecular weight excluding hydrogens is 291 g/mol. The molecule has 0 amide bonds. The van der Waals surface area contributed by atoms with Crippen LogP contribution >= 0.6 is 0 Å². The van der Waals surface area contributed by atoms with Gasteiger partial charge in [-0.3, -0.25) is 0 Å². The van der Waals surface area contributed by atoms with E-state index in [0.29, 0.717) is 11.3 Å². The van der Waals surface area contributed by atoms with Crippen LogP contribution in [0.4, 0.5) is 4.39 Å². The lowest BCUT2D eigenvalue weighted by Gasteiger charge is -2.27. The third kappa shape index (κ3) is 3.40. The number of hydrogen-bond acceptors (Lipinski definition) is 2. The highest BCUT2D eigenvalue weighted by atomic mass is 19.1. The van der Waals surface area contributed by atoms with Crippen molar-refractivity contribution in [2.45, 2.75) is 45.6 Å².